The third-order valence-corrected chi connectivity index (χ3v) is 9.28. The van der Waals surface area contributed by atoms with Crippen LogP contribution in [0.25, 0.3) is 0 Å². The van der Waals surface area contributed by atoms with Gasteiger partial charge >= 0.3 is 0 Å². The first kappa shape index (κ1) is 21.7. The summed E-state index contributed by atoms with van der Waals surface area (Å²) in [5, 5.41) is 3.23. The van der Waals surface area contributed by atoms with Crippen LogP contribution in [0.1, 0.15) is 75.5 Å². The fourth-order valence-corrected chi connectivity index (χ4v) is 7.80. The summed E-state index contributed by atoms with van der Waals surface area (Å²) in [7, 11) is -2.89. The molecule has 1 saturated heterocycles. The molecule has 1 amide bonds. The van der Waals surface area contributed by atoms with Crippen LogP contribution in [0.4, 0.5) is 0 Å². The lowest BCUT2D eigenvalue weighted by atomic mass is 9.83. The number of rotatable bonds is 7. The fraction of sp³-hybridized carbons (Fsp3) is 0.682. The van der Waals surface area contributed by atoms with Crippen LogP contribution >= 0.6 is 11.8 Å². The first-order chi connectivity index (χ1) is 13.3. The molecule has 3 rings (SSSR count). The molecule has 1 aromatic carbocycles. The minimum Gasteiger partial charge on any atom is -0.348 e. The molecule has 2 fully saturated rings. The van der Waals surface area contributed by atoms with Gasteiger partial charge in [0.1, 0.15) is 0 Å². The molecule has 0 radical (unpaired) electrons. The van der Waals surface area contributed by atoms with Crippen molar-refractivity contribution in [3.8, 4) is 0 Å². The van der Waals surface area contributed by atoms with Gasteiger partial charge in [-0.2, -0.15) is 0 Å². The zero-order valence-electron chi connectivity index (χ0n) is 17.0. The standard InChI is InChI=1S/C22H33NO3S2/c1-16(2)22(23-21(24)14-27-20-12-13-28(25,26)15-20)19-10-8-18(9-11-19)17-6-4-3-5-7-17/h8-11,16-17,20,22H,3-7,12-15H2,1-2H3,(H,23,24). The number of hydrogen-bond donors (Lipinski definition) is 1. The molecule has 0 bridgehead atoms. The Morgan fingerprint density at radius 2 is 1.79 bits per heavy atom. The highest BCUT2D eigenvalue weighted by atomic mass is 32.2. The zero-order valence-corrected chi connectivity index (χ0v) is 18.7. The van der Waals surface area contributed by atoms with Crippen LogP contribution in [0, 0.1) is 5.92 Å². The van der Waals surface area contributed by atoms with Crippen LogP contribution in [0.5, 0.6) is 0 Å². The summed E-state index contributed by atoms with van der Waals surface area (Å²) >= 11 is 1.47. The smallest absolute Gasteiger partial charge is 0.230 e. The van der Waals surface area contributed by atoms with Crippen molar-refractivity contribution in [3.63, 3.8) is 0 Å². The molecule has 1 N–H and O–H groups in total. The summed E-state index contributed by atoms with van der Waals surface area (Å²) in [6.07, 6.45) is 7.26. The molecular weight excluding hydrogens is 390 g/mol. The van der Waals surface area contributed by atoms with Gasteiger partial charge in [-0.05, 0) is 42.2 Å². The first-order valence-electron chi connectivity index (χ1n) is 10.6. The number of hydrogen-bond acceptors (Lipinski definition) is 4. The van der Waals surface area contributed by atoms with Gasteiger partial charge in [-0.3, -0.25) is 4.79 Å². The minimum atomic E-state index is -2.89. The van der Waals surface area contributed by atoms with Crippen molar-refractivity contribution < 1.29 is 13.2 Å². The van der Waals surface area contributed by atoms with Gasteiger partial charge in [0.2, 0.25) is 5.91 Å². The van der Waals surface area contributed by atoms with E-state index in [2.05, 4.69) is 43.4 Å². The third kappa shape index (κ3) is 5.99. The van der Waals surface area contributed by atoms with Crippen molar-refractivity contribution in [3.05, 3.63) is 35.4 Å². The van der Waals surface area contributed by atoms with E-state index in [9.17, 15) is 13.2 Å². The summed E-state index contributed by atoms with van der Waals surface area (Å²) in [5.74, 6) is 1.76. The van der Waals surface area contributed by atoms with Gasteiger partial charge < -0.3 is 5.32 Å². The summed E-state index contributed by atoms with van der Waals surface area (Å²) in [5.41, 5.74) is 2.58. The molecule has 28 heavy (non-hydrogen) atoms. The second-order valence-corrected chi connectivity index (χ2v) is 12.1. The highest BCUT2D eigenvalue weighted by molar-refractivity contribution is 8.02. The predicted octanol–water partition coefficient (Wildman–Crippen LogP) is 4.47. The molecule has 1 aliphatic carbocycles. The number of nitrogens with one attached hydrogen (secondary N) is 1. The van der Waals surface area contributed by atoms with E-state index in [0.717, 1.165) is 5.56 Å². The largest absolute Gasteiger partial charge is 0.348 e. The Bertz CT molecular complexity index is 752. The topological polar surface area (TPSA) is 63.2 Å². The Labute approximate surface area is 174 Å². The highest BCUT2D eigenvalue weighted by Gasteiger charge is 2.29. The quantitative estimate of drug-likeness (QED) is 0.703. The molecule has 0 spiro atoms. The summed E-state index contributed by atoms with van der Waals surface area (Å²) in [6, 6.07) is 8.81. The molecule has 1 aromatic rings. The Hall–Kier alpha value is -1.01. The van der Waals surface area contributed by atoms with Crippen LogP contribution < -0.4 is 5.32 Å². The van der Waals surface area contributed by atoms with Crippen LogP contribution in [0.3, 0.4) is 0 Å². The molecular formula is C22H33NO3S2. The predicted molar refractivity (Wildman–Crippen MR) is 118 cm³/mol. The molecule has 4 nitrogen and oxygen atoms in total. The van der Waals surface area contributed by atoms with E-state index in [-0.39, 0.29) is 28.7 Å². The van der Waals surface area contributed by atoms with E-state index in [1.165, 1.54) is 49.4 Å². The molecule has 6 heteroatoms. The molecule has 156 valence electrons. The van der Waals surface area contributed by atoms with Gasteiger partial charge in [0, 0.05) is 5.25 Å². The number of carbonyl (C=O) groups is 1. The third-order valence-electron chi connectivity index (χ3n) is 6.00. The second kappa shape index (κ2) is 9.66. The number of benzene rings is 1. The normalized spacial score (nSPS) is 23.6. The lowest BCUT2D eigenvalue weighted by Gasteiger charge is -2.25. The maximum Gasteiger partial charge on any atom is 0.230 e. The molecule has 1 heterocycles. The van der Waals surface area contributed by atoms with E-state index in [0.29, 0.717) is 24.0 Å². The zero-order chi connectivity index (χ0) is 20.1. The average Bonchev–Trinajstić information content (AvgIpc) is 3.04. The van der Waals surface area contributed by atoms with E-state index in [1.807, 2.05) is 0 Å². The molecule has 2 atom stereocenters. The Kier molecular flexibility index (Phi) is 7.48. The van der Waals surface area contributed by atoms with Crippen LogP contribution in [-0.2, 0) is 14.6 Å². The van der Waals surface area contributed by atoms with Gasteiger partial charge in [-0.25, -0.2) is 8.42 Å². The number of sulfone groups is 1. The number of carbonyl (C=O) groups excluding carboxylic acids is 1. The van der Waals surface area contributed by atoms with Crippen LogP contribution in [0.2, 0.25) is 0 Å². The summed E-state index contributed by atoms with van der Waals surface area (Å²) < 4.78 is 23.1. The van der Waals surface area contributed by atoms with Crippen molar-refractivity contribution >= 4 is 27.5 Å². The van der Waals surface area contributed by atoms with Crippen LogP contribution in [-0.4, -0.2) is 36.8 Å². The van der Waals surface area contributed by atoms with Crippen molar-refractivity contribution in [2.24, 2.45) is 5.92 Å². The lowest BCUT2D eigenvalue weighted by Crippen LogP contribution is -2.33. The molecule has 1 saturated carbocycles. The summed E-state index contributed by atoms with van der Waals surface area (Å²) in [6.45, 7) is 4.24. The average molecular weight is 424 g/mol. The Morgan fingerprint density at radius 1 is 1.11 bits per heavy atom. The van der Waals surface area contributed by atoms with E-state index < -0.39 is 9.84 Å². The van der Waals surface area contributed by atoms with Gasteiger partial charge in [-0.1, -0.05) is 57.4 Å². The van der Waals surface area contributed by atoms with Gasteiger partial charge in [0.05, 0.1) is 23.3 Å². The van der Waals surface area contributed by atoms with Gasteiger partial charge in [0.25, 0.3) is 0 Å². The highest BCUT2D eigenvalue weighted by Crippen LogP contribution is 2.33. The maximum atomic E-state index is 12.5. The Morgan fingerprint density at radius 3 is 2.36 bits per heavy atom. The number of thioether (sulfide) groups is 1. The monoisotopic (exact) mass is 423 g/mol. The molecule has 1 aliphatic heterocycles. The lowest BCUT2D eigenvalue weighted by molar-refractivity contribution is -0.119. The van der Waals surface area contributed by atoms with E-state index in [1.54, 1.807) is 0 Å². The molecule has 2 aliphatic rings. The fourth-order valence-electron chi connectivity index (χ4n) is 4.35. The maximum absolute atomic E-state index is 12.5. The SMILES string of the molecule is CC(C)C(NC(=O)CSC1CCS(=O)(=O)C1)c1ccc(C2CCCCC2)cc1. The van der Waals surface area contributed by atoms with Crippen molar-refractivity contribution in [2.75, 3.05) is 17.3 Å². The molecule has 2 unspecified atom stereocenters. The Balaban J connectivity index is 1.56. The van der Waals surface area contributed by atoms with Crippen molar-refractivity contribution in [2.45, 2.75) is 69.6 Å². The van der Waals surface area contributed by atoms with Crippen LogP contribution in [0.15, 0.2) is 24.3 Å². The first-order valence-corrected chi connectivity index (χ1v) is 13.4. The van der Waals surface area contributed by atoms with Crippen molar-refractivity contribution in [1.29, 1.82) is 0 Å². The second-order valence-electron chi connectivity index (χ2n) is 8.63. The van der Waals surface area contributed by atoms with Gasteiger partial charge in [0.15, 0.2) is 9.84 Å². The minimum absolute atomic E-state index is 0.00986. The van der Waals surface area contributed by atoms with Crippen molar-refractivity contribution in [1.82, 2.24) is 5.32 Å². The van der Waals surface area contributed by atoms with E-state index in [4.69, 9.17) is 0 Å². The molecule has 0 aromatic heterocycles. The van der Waals surface area contributed by atoms with E-state index >= 15 is 0 Å². The number of amides is 1. The summed E-state index contributed by atoms with van der Waals surface area (Å²) in [4.78, 5) is 12.5. The van der Waals surface area contributed by atoms with Gasteiger partial charge in [-0.15, -0.1) is 11.8 Å².